The van der Waals surface area contributed by atoms with E-state index < -0.39 is 0 Å². The topological polar surface area (TPSA) is 67.7 Å². The van der Waals surface area contributed by atoms with Gasteiger partial charge in [0, 0.05) is 18.7 Å². The maximum absolute atomic E-state index is 13.6. The Bertz CT molecular complexity index is 1500. The molecule has 1 aromatic heterocycles. The molecule has 1 aliphatic rings. The first kappa shape index (κ1) is 27.6. The van der Waals surface area contributed by atoms with Crippen LogP contribution in [0.2, 0.25) is 0 Å². The van der Waals surface area contributed by atoms with Gasteiger partial charge in [0.15, 0.2) is 0 Å². The van der Waals surface area contributed by atoms with Gasteiger partial charge in [0.1, 0.15) is 18.9 Å². The second-order valence-electron chi connectivity index (χ2n) is 10.8. The molecule has 0 saturated carbocycles. The molecule has 0 spiro atoms. The number of fused-ring (bicyclic) bond motifs is 2. The molecule has 1 atom stereocenters. The standard InChI is InChI=1S/C33H38N4O3/c1-25-14-15-31-28(21-25)22-35(2)18-16-27(26-9-4-3-5-10-26)11-8-17-36(19-20-40-31)32(38)23-37-24-34-30-13-7-6-12-29(30)33(37)39/h3-7,9-10,12-15,21,24,27H,8,11,16-20,22-23H2,1-2H3. The van der Waals surface area contributed by atoms with Gasteiger partial charge in [-0.15, -0.1) is 0 Å². The predicted molar refractivity (Wildman–Crippen MR) is 159 cm³/mol. The Hall–Kier alpha value is -3.97. The number of hydrogen-bond acceptors (Lipinski definition) is 5. The van der Waals surface area contributed by atoms with E-state index in [9.17, 15) is 9.59 Å². The smallest absolute Gasteiger partial charge is 0.261 e. The fourth-order valence-corrected chi connectivity index (χ4v) is 5.54. The molecule has 3 aromatic carbocycles. The molecule has 1 amide bonds. The van der Waals surface area contributed by atoms with E-state index in [2.05, 4.69) is 66.3 Å². The molecule has 0 bridgehead atoms. The van der Waals surface area contributed by atoms with Crippen molar-refractivity contribution in [1.82, 2.24) is 19.4 Å². The van der Waals surface area contributed by atoms with Crippen LogP contribution in [0, 0.1) is 6.92 Å². The average Bonchev–Trinajstić information content (AvgIpc) is 2.96. The molecule has 2 heterocycles. The first-order valence-electron chi connectivity index (χ1n) is 14.2. The zero-order valence-corrected chi connectivity index (χ0v) is 23.5. The molecule has 0 radical (unpaired) electrons. The Morgan fingerprint density at radius 2 is 1.77 bits per heavy atom. The lowest BCUT2D eigenvalue weighted by molar-refractivity contribution is -0.132. The van der Waals surface area contributed by atoms with Crippen molar-refractivity contribution in [3.8, 4) is 5.75 Å². The number of benzene rings is 3. The van der Waals surface area contributed by atoms with Gasteiger partial charge in [-0.3, -0.25) is 14.2 Å². The lowest BCUT2D eigenvalue weighted by atomic mass is 9.91. The fourth-order valence-electron chi connectivity index (χ4n) is 5.54. The van der Waals surface area contributed by atoms with Crippen molar-refractivity contribution in [3.63, 3.8) is 0 Å². The third kappa shape index (κ3) is 6.77. The highest BCUT2D eigenvalue weighted by Crippen LogP contribution is 2.27. The van der Waals surface area contributed by atoms with Crippen LogP contribution in [-0.2, 0) is 17.9 Å². The maximum atomic E-state index is 13.6. The number of carbonyl (C=O) groups is 1. The number of rotatable bonds is 3. The van der Waals surface area contributed by atoms with Crippen LogP contribution in [-0.4, -0.2) is 58.5 Å². The monoisotopic (exact) mass is 538 g/mol. The molecule has 40 heavy (non-hydrogen) atoms. The van der Waals surface area contributed by atoms with Gasteiger partial charge in [0.2, 0.25) is 5.91 Å². The molecular formula is C33H38N4O3. The number of carbonyl (C=O) groups excluding carboxylic acids is 1. The SMILES string of the molecule is Cc1ccc2c(c1)CN(C)CCC(c1ccccc1)CCCN(C(=O)Cn1cnc3ccccc3c1=O)CCO2. The third-order valence-corrected chi connectivity index (χ3v) is 7.78. The van der Waals surface area contributed by atoms with Gasteiger partial charge in [-0.2, -0.15) is 0 Å². The maximum Gasteiger partial charge on any atom is 0.261 e. The number of aryl methyl sites for hydroxylation is 1. The third-order valence-electron chi connectivity index (χ3n) is 7.78. The lowest BCUT2D eigenvalue weighted by Gasteiger charge is -2.27. The van der Waals surface area contributed by atoms with Crippen molar-refractivity contribution >= 4 is 16.8 Å². The van der Waals surface area contributed by atoms with Gasteiger partial charge in [-0.25, -0.2) is 4.98 Å². The summed E-state index contributed by atoms with van der Waals surface area (Å²) in [7, 11) is 2.17. The highest BCUT2D eigenvalue weighted by Gasteiger charge is 2.19. The summed E-state index contributed by atoms with van der Waals surface area (Å²) in [6.07, 6.45) is 4.36. The summed E-state index contributed by atoms with van der Waals surface area (Å²) in [5.41, 5.74) is 4.13. The van der Waals surface area contributed by atoms with Crippen LogP contribution in [0.3, 0.4) is 0 Å². The second-order valence-corrected chi connectivity index (χ2v) is 10.8. The fraction of sp³-hybridized carbons (Fsp3) is 0.364. The van der Waals surface area contributed by atoms with Crippen molar-refractivity contribution in [2.24, 2.45) is 0 Å². The van der Waals surface area contributed by atoms with Gasteiger partial charge >= 0.3 is 0 Å². The molecule has 4 aromatic rings. The summed E-state index contributed by atoms with van der Waals surface area (Å²) in [5.74, 6) is 1.16. The molecular weight excluding hydrogens is 500 g/mol. The number of aromatic nitrogens is 2. The largest absolute Gasteiger partial charge is 0.491 e. The summed E-state index contributed by atoms with van der Waals surface area (Å²) in [4.78, 5) is 35.2. The van der Waals surface area contributed by atoms with Crippen molar-refractivity contribution in [3.05, 3.63) is 106 Å². The number of para-hydroxylation sites is 1. The Labute approximate surface area is 236 Å². The van der Waals surface area contributed by atoms with Crippen LogP contribution in [0.5, 0.6) is 5.75 Å². The molecule has 7 heteroatoms. The molecule has 1 aliphatic heterocycles. The number of ether oxygens (including phenoxy) is 1. The van der Waals surface area contributed by atoms with Crippen LogP contribution >= 0.6 is 0 Å². The Kier molecular flexibility index (Phi) is 8.91. The Morgan fingerprint density at radius 1 is 0.975 bits per heavy atom. The molecule has 0 N–H and O–H groups in total. The van der Waals surface area contributed by atoms with Crippen molar-refractivity contribution < 1.29 is 9.53 Å². The minimum atomic E-state index is -0.199. The molecule has 0 aliphatic carbocycles. The Morgan fingerprint density at radius 3 is 2.62 bits per heavy atom. The zero-order valence-electron chi connectivity index (χ0n) is 23.5. The normalized spacial score (nSPS) is 17.6. The van der Waals surface area contributed by atoms with E-state index in [1.54, 1.807) is 6.07 Å². The second kappa shape index (κ2) is 12.9. The summed E-state index contributed by atoms with van der Waals surface area (Å²) >= 11 is 0. The minimum absolute atomic E-state index is 0.0423. The molecule has 5 rings (SSSR count). The van der Waals surface area contributed by atoms with Gasteiger partial charge in [0.05, 0.1) is 23.8 Å². The number of nitrogens with zero attached hydrogens (tertiary/aromatic N) is 4. The highest BCUT2D eigenvalue weighted by molar-refractivity contribution is 5.79. The molecule has 7 nitrogen and oxygen atoms in total. The van der Waals surface area contributed by atoms with E-state index in [1.165, 1.54) is 22.0 Å². The summed E-state index contributed by atoms with van der Waals surface area (Å²) < 4.78 is 7.65. The number of hydrogen-bond donors (Lipinski definition) is 0. The number of amides is 1. The summed E-state index contributed by atoms with van der Waals surface area (Å²) in [6.45, 7) is 5.27. The quantitative estimate of drug-likeness (QED) is 0.367. The average molecular weight is 539 g/mol. The van der Waals surface area contributed by atoms with Crippen LogP contribution < -0.4 is 10.3 Å². The molecule has 1 unspecified atom stereocenters. The van der Waals surface area contributed by atoms with Gasteiger partial charge in [-0.1, -0.05) is 60.2 Å². The van der Waals surface area contributed by atoms with Crippen molar-refractivity contribution in [1.29, 1.82) is 0 Å². The predicted octanol–water partition coefficient (Wildman–Crippen LogP) is 5.01. The van der Waals surface area contributed by atoms with Gasteiger partial charge in [-0.05, 0) is 69.5 Å². The Balaban J connectivity index is 1.38. The summed E-state index contributed by atoms with van der Waals surface area (Å²) in [5, 5.41) is 0.518. The lowest BCUT2D eigenvalue weighted by Crippen LogP contribution is -2.39. The van der Waals surface area contributed by atoms with E-state index in [-0.39, 0.29) is 18.0 Å². The molecule has 0 saturated heterocycles. The highest BCUT2D eigenvalue weighted by atomic mass is 16.5. The van der Waals surface area contributed by atoms with Gasteiger partial charge < -0.3 is 14.5 Å². The first-order chi connectivity index (χ1) is 19.5. The van der Waals surface area contributed by atoms with E-state index in [0.29, 0.717) is 36.5 Å². The van der Waals surface area contributed by atoms with Crippen LogP contribution in [0.25, 0.3) is 10.9 Å². The zero-order chi connectivity index (χ0) is 27.9. The molecule has 0 fully saturated rings. The first-order valence-corrected chi connectivity index (χ1v) is 14.2. The van der Waals surface area contributed by atoms with Crippen molar-refractivity contribution in [2.75, 3.05) is 33.3 Å². The van der Waals surface area contributed by atoms with Crippen LogP contribution in [0.1, 0.15) is 41.9 Å². The van der Waals surface area contributed by atoms with Crippen molar-refractivity contribution in [2.45, 2.75) is 45.2 Å². The van der Waals surface area contributed by atoms with E-state index in [4.69, 9.17) is 4.74 Å². The summed E-state index contributed by atoms with van der Waals surface area (Å²) in [6, 6.07) is 24.2. The van der Waals surface area contributed by atoms with E-state index in [0.717, 1.165) is 43.7 Å². The van der Waals surface area contributed by atoms with Crippen LogP contribution in [0.4, 0.5) is 0 Å². The van der Waals surface area contributed by atoms with E-state index in [1.807, 2.05) is 29.2 Å². The minimum Gasteiger partial charge on any atom is -0.491 e. The van der Waals surface area contributed by atoms with Gasteiger partial charge in [0.25, 0.3) is 5.56 Å². The van der Waals surface area contributed by atoms with Crippen LogP contribution in [0.15, 0.2) is 83.9 Å². The molecule has 208 valence electrons. The van der Waals surface area contributed by atoms with E-state index >= 15 is 0 Å².